The molecule has 2 aromatic carbocycles. The maximum absolute atomic E-state index is 12.4. The highest BCUT2D eigenvalue weighted by Crippen LogP contribution is 2.27. The van der Waals surface area contributed by atoms with Crippen molar-refractivity contribution in [2.75, 3.05) is 11.9 Å². The highest BCUT2D eigenvalue weighted by atomic mass is 79.9. The van der Waals surface area contributed by atoms with Crippen molar-refractivity contribution < 1.29 is 14.3 Å². The van der Waals surface area contributed by atoms with E-state index in [1.54, 1.807) is 35.2 Å². The lowest BCUT2D eigenvalue weighted by atomic mass is 10.1. The number of benzene rings is 2. The number of hydrogen-bond donors (Lipinski definition) is 2. The minimum Gasteiger partial charge on any atom is -0.493 e. The van der Waals surface area contributed by atoms with Gasteiger partial charge < -0.3 is 20.4 Å². The molecule has 0 atom stereocenters. The minimum atomic E-state index is -0.528. The Bertz CT molecular complexity index is 999. The van der Waals surface area contributed by atoms with Crippen molar-refractivity contribution in [1.82, 2.24) is 9.55 Å². The molecule has 0 aliphatic rings. The van der Waals surface area contributed by atoms with E-state index in [4.69, 9.17) is 10.5 Å². The van der Waals surface area contributed by atoms with E-state index in [0.717, 1.165) is 10.0 Å². The number of ether oxygens (including phenoxy) is 1. The first-order chi connectivity index (χ1) is 13.4. The summed E-state index contributed by atoms with van der Waals surface area (Å²) in [4.78, 5) is 27.9. The third kappa shape index (κ3) is 4.77. The van der Waals surface area contributed by atoms with E-state index in [1.165, 1.54) is 0 Å². The number of aromatic nitrogens is 2. The molecule has 2 amide bonds. The summed E-state index contributed by atoms with van der Waals surface area (Å²) < 4.78 is 8.27. The van der Waals surface area contributed by atoms with Crippen molar-refractivity contribution in [1.29, 1.82) is 0 Å². The van der Waals surface area contributed by atoms with Crippen LogP contribution in [0.4, 0.5) is 5.82 Å². The van der Waals surface area contributed by atoms with Crippen LogP contribution >= 0.6 is 15.9 Å². The molecule has 3 N–H and O–H groups in total. The Morgan fingerprint density at radius 1 is 1.21 bits per heavy atom. The summed E-state index contributed by atoms with van der Waals surface area (Å²) in [5.41, 5.74) is 7.20. The Labute approximate surface area is 170 Å². The van der Waals surface area contributed by atoms with E-state index in [2.05, 4.69) is 26.2 Å². The van der Waals surface area contributed by atoms with Crippen molar-refractivity contribution in [3.05, 3.63) is 64.9 Å². The first-order valence-corrected chi connectivity index (χ1v) is 9.33. The molecule has 0 saturated carbocycles. The molecule has 0 bridgehead atoms. The van der Waals surface area contributed by atoms with E-state index in [-0.39, 0.29) is 18.9 Å². The molecule has 7 nitrogen and oxygen atoms in total. The number of amides is 2. The number of nitrogens with zero attached hydrogens (tertiary/aromatic N) is 2. The molecule has 0 fully saturated rings. The van der Waals surface area contributed by atoms with Gasteiger partial charge in [-0.1, -0.05) is 34.1 Å². The molecule has 3 aromatic rings. The molecule has 0 aliphatic carbocycles. The van der Waals surface area contributed by atoms with Gasteiger partial charge in [0.25, 0.3) is 0 Å². The number of imidazole rings is 1. The fourth-order valence-corrected chi connectivity index (χ4v) is 2.86. The quantitative estimate of drug-likeness (QED) is 0.585. The van der Waals surface area contributed by atoms with Crippen LogP contribution in [-0.4, -0.2) is 28.0 Å². The molecule has 3 rings (SSSR count). The standard InChI is InChI=1S/C20H19BrN4O3/c1-25-12-23-18(13-5-7-15(21)8-6-13)20(25)24-17(26)9-10-28-16-4-2-3-14(11-16)19(22)27/h2-8,11-12H,9-10H2,1H3,(H2,22,27)(H,24,26). The molecule has 1 aromatic heterocycles. The molecule has 0 aliphatic heterocycles. The largest absolute Gasteiger partial charge is 0.493 e. The summed E-state index contributed by atoms with van der Waals surface area (Å²) in [5, 5.41) is 2.88. The van der Waals surface area contributed by atoms with Gasteiger partial charge in [-0.15, -0.1) is 0 Å². The van der Waals surface area contributed by atoms with E-state index >= 15 is 0 Å². The molecular formula is C20H19BrN4O3. The van der Waals surface area contributed by atoms with E-state index < -0.39 is 5.91 Å². The lowest BCUT2D eigenvalue weighted by Crippen LogP contribution is -2.17. The van der Waals surface area contributed by atoms with E-state index in [9.17, 15) is 9.59 Å². The first kappa shape index (κ1) is 19.6. The second-order valence-electron chi connectivity index (χ2n) is 6.10. The normalized spacial score (nSPS) is 10.5. The molecular weight excluding hydrogens is 424 g/mol. The summed E-state index contributed by atoms with van der Waals surface area (Å²) in [6.07, 6.45) is 1.80. The van der Waals surface area contributed by atoms with Gasteiger partial charge in [-0.25, -0.2) is 4.98 Å². The number of nitrogens with two attached hydrogens (primary N) is 1. The molecule has 8 heteroatoms. The number of aryl methyl sites for hydroxylation is 1. The predicted molar refractivity (Wildman–Crippen MR) is 110 cm³/mol. The van der Waals surface area contributed by atoms with Gasteiger partial charge in [0.05, 0.1) is 19.4 Å². The van der Waals surface area contributed by atoms with Crippen LogP contribution in [0.2, 0.25) is 0 Å². The van der Waals surface area contributed by atoms with Crippen molar-refractivity contribution >= 4 is 33.6 Å². The van der Waals surface area contributed by atoms with Gasteiger partial charge in [0.1, 0.15) is 17.3 Å². The summed E-state index contributed by atoms with van der Waals surface area (Å²) in [6, 6.07) is 14.2. The van der Waals surface area contributed by atoms with Gasteiger partial charge in [-0.2, -0.15) is 0 Å². The van der Waals surface area contributed by atoms with Gasteiger partial charge in [0.15, 0.2) is 0 Å². The Morgan fingerprint density at radius 2 is 1.96 bits per heavy atom. The van der Waals surface area contributed by atoms with Gasteiger partial charge in [-0.05, 0) is 30.3 Å². The maximum atomic E-state index is 12.4. The third-order valence-electron chi connectivity index (χ3n) is 4.03. The molecule has 0 unspecified atom stereocenters. The minimum absolute atomic E-state index is 0.145. The molecule has 0 radical (unpaired) electrons. The number of rotatable bonds is 7. The van der Waals surface area contributed by atoms with Crippen LogP contribution in [-0.2, 0) is 11.8 Å². The Morgan fingerprint density at radius 3 is 2.68 bits per heavy atom. The zero-order valence-corrected chi connectivity index (χ0v) is 16.8. The average Bonchev–Trinajstić information content (AvgIpc) is 3.03. The SMILES string of the molecule is Cn1cnc(-c2ccc(Br)cc2)c1NC(=O)CCOc1cccc(C(N)=O)c1. The van der Waals surface area contributed by atoms with Crippen LogP contribution in [0.3, 0.4) is 0 Å². The molecule has 28 heavy (non-hydrogen) atoms. The highest BCUT2D eigenvalue weighted by Gasteiger charge is 2.14. The zero-order valence-electron chi connectivity index (χ0n) is 15.2. The number of nitrogens with one attached hydrogen (secondary N) is 1. The van der Waals surface area contributed by atoms with Crippen LogP contribution in [0.15, 0.2) is 59.3 Å². The third-order valence-corrected chi connectivity index (χ3v) is 4.56. The highest BCUT2D eigenvalue weighted by molar-refractivity contribution is 9.10. The number of halogens is 1. The lowest BCUT2D eigenvalue weighted by molar-refractivity contribution is -0.116. The fraction of sp³-hybridized carbons (Fsp3) is 0.150. The zero-order chi connectivity index (χ0) is 20.1. The van der Waals surface area contributed by atoms with Gasteiger partial charge in [0.2, 0.25) is 11.8 Å². The van der Waals surface area contributed by atoms with Gasteiger partial charge >= 0.3 is 0 Å². The lowest BCUT2D eigenvalue weighted by Gasteiger charge is -2.10. The monoisotopic (exact) mass is 442 g/mol. The van der Waals surface area contributed by atoms with Crippen LogP contribution in [0, 0.1) is 0 Å². The van der Waals surface area contributed by atoms with Crippen molar-refractivity contribution in [3.63, 3.8) is 0 Å². The smallest absolute Gasteiger partial charge is 0.248 e. The van der Waals surface area contributed by atoms with E-state index in [0.29, 0.717) is 22.8 Å². The second kappa shape index (κ2) is 8.71. The topological polar surface area (TPSA) is 99.2 Å². The number of primary amides is 1. The number of anilines is 1. The Kier molecular flexibility index (Phi) is 6.10. The van der Waals surface area contributed by atoms with Crippen LogP contribution in [0.5, 0.6) is 5.75 Å². The summed E-state index contributed by atoms with van der Waals surface area (Å²) in [7, 11) is 1.82. The Hall–Kier alpha value is -3.13. The molecule has 0 saturated heterocycles. The summed E-state index contributed by atoms with van der Waals surface area (Å²) in [5.74, 6) is 0.371. The van der Waals surface area contributed by atoms with Gasteiger partial charge in [-0.3, -0.25) is 9.59 Å². The van der Waals surface area contributed by atoms with Crippen LogP contribution < -0.4 is 15.8 Å². The number of hydrogen-bond acceptors (Lipinski definition) is 4. The van der Waals surface area contributed by atoms with Crippen molar-refractivity contribution in [2.45, 2.75) is 6.42 Å². The summed E-state index contributed by atoms with van der Waals surface area (Å²) >= 11 is 3.41. The maximum Gasteiger partial charge on any atom is 0.248 e. The fourth-order valence-electron chi connectivity index (χ4n) is 2.59. The van der Waals surface area contributed by atoms with Crippen molar-refractivity contribution in [3.8, 4) is 17.0 Å². The van der Waals surface area contributed by atoms with Gasteiger partial charge in [0, 0.05) is 22.6 Å². The van der Waals surface area contributed by atoms with Crippen LogP contribution in [0.1, 0.15) is 16.8 Å². The van der Waals surface area contributed by atoms with Crippen molar-refractivity contribution in [2.24, 2.45) is 12.8 Å². The molecule has 144 valence electrons. The number of carbonyl (C=O) groups is 2. The van der Waals surface area contributed by atoms with E-state index in [1.807, 2.05) is 31.3 Å². The number of carbonyl (C=O) groups excluding carboxylic acids is 2. The molecule has 0 spiro atoms. The molecule has 1 heterocycles. The second-order valence-corrected chi connectivity index (χ2v) is 7.01. The Balaban J connectivity index is 1.61. The first-order valence-electron chi connectivity index (χ1n) is 8.54. The average molecular weight is 443 g/mol. The van der Waals surface area contributed by atoms with Crippen LogP contribution in [0.25, 0.3) is 11.3 Å². The predicted octanol–water partition coefficient (Wildman–Crippen LogP) is 3.36. The summed E-state index contributed by atoms with van der Waals surface area (Å²) in [6.45, 7) is 0.166.